The number of rotatable bonds is 29. The van der Waals surface area contributed by atoms with Crippen LogP contribution in [0.3, 0.4) is 0 Å². The van der Waals surface area contributed by atoms with Crippen LogP contribution in [0.2, 0.25) is 0 Å². The van der Waals surface area contributed by atoms with Crippen molar-refractivity contribution in [1.29, 1.82) is 0 Å². The van der Waals surface area contributed by atoms with Gasteiger partial charge < -0.3 is 5.11 Å². The fourth-order valence-corrected chi connectivity index (χ4v) is 5.53. The highest BCUT2D eigenvalue weighted by Crippen LogP contribution is 2.18. The van der Waals surface area contributed by atoms with Crippen LogP contribution in [0.5, 0.6) is 0 Å². The average Bonchev–Trinajstić information content (AvgIpc) is 2.93. The van der Waals surface area contributed by atoms with Crippen LogP contribution in [0.25, 0.3) is 0 Å². The zero-order chi connectivity index (χ0) is 29.0. The average molecular weight is 555 g/mol. The third-order valence-corrected chi connectivity index (χ3v) is 8.46. The predicted molar refractivity (Wildman–Crippen MR) is 169 cm³/mol. The molecule has 0 rings (SSSR count). The zero-order valence-corrected chi connectivity index (χ0v) is 26.7. The number of aliphatic hydroxyl groups is 1. The molecule has 1 atom stereocenters. The number of aliphatic hydroxyl groups excluding tert-OH is 1. The molecule has 0 aromatic heterocycles. The van der Waals surface area contributed by atoms with Gasteiger partial charge in [0, 0.05) is 6.54 Å². The maximum Gasteiger partial charge on any atom is 0.348 e. The Morgan fingerprint density at radius 1 is 0.564 bits per heavy atom. The van der Waals surface area contributed by atoms with Crippen LogP contribution in [0.4, 0.5) is 4.79 Å². The van der Waals surface area contributed by atoms with Gasteiger partial charge in [-0.2, -0.15) is 0 Å². The number of hydrazine groups is 2. The van der Waals surface area contributed by atoms with Crippen LogP contribution in [0.15, 0.2) is 0 Å². The van der Waals surface area contributed by atoms with Crippen molar-refractivity contribution in [2.24, 2.45) is 17.6 Å². The first kappa shape index (κ1) is 38.1. The maximum atomic E-state index is 12.4. The molecule has 5 N–H and O–H groups in total. The van der Waals surface area contributed by atoms with E-state index in [1.165, 1.54) is 133 Å². The van der Waals surface area contributed by atoms with E-state index in [1.54, 1.807) is 0 Å². The number of hydrogen-bond donors (Lipinski definition) is 3. The lowest BCUT2D eigenvalue weighted by molar-refractivity contribution is 0.0958. The van der Waals surface area contributed by atoms with Gasteiger partial charge in [0.05, 0.1) is 12.6 Å². The summed E-state index contributed by atoms with van der Waals surface area (Å²) in [6, 6.07) is -0.406. The quantitative estimate of drug-likeness (QED) is 0.0371. The van der Waals surface area contributed by atoms with E-state index in [4.69, 9.17) is 11.7 Å². The first-order valence-electron chi connectivity index (χ1n) is 17.2. The molecule has 0 aliphatic carbocycles. The second kappa shape index (κ2) is 28.7. The molecule has 0 saturated carbocycles. The Kier molecular flexibility index (Phi) is 28.0. The second-order valence-electron chi connectivity index (χ2n) is 12.1. The van der Waals surface area contributed by atoms with Gasteiger partial charge in [-0.1, -0.05) is 168 Å². The van der Waals surface area contributed by atoms with E-state index in [0.717, 1.165) is 36.6 Å². The van der Waals surface area contributed by atoms with Crippen LogP contribution >= 0.6 is 0 Å². The van der Waals surface area contributed by atoms with E-state index in [-0.39, 0.29) is 6.54 Å². The second-order valence-corrected chi connectivity index (χ2v) is 12.1. The Balaban J connectivity index is 3.60. The highest BCUT2D eigenvalue weighted by Gasteiger charge is 2.18. The Morgan fingerprint density at radius 3 is 1.38 bits per heavy atom. The summed E-state index contributed by atoms with van der Waals surface area (Å²) in [6.07, 6.45) is 30.9. The standard InChI is InChI=1S/C33H70N4O2/c1-4-7-8-9-10-11-12-13-14-15-19-22-25-28-32(38)30-37(35)33(39)36(34)29-26-23-20-17-16-18-21-24-27-31(5-2)6-3/h31-32,38H,4-30,34-35H2,1-3H3/t32-/m1/s1. The molecular weight excluding hydrogens is 484 g/mol. The number of nitrogens with zero attached hydrogens (tertiary/aromatic N) is 2. The molecule has 2 amide bonds. The largest absolute Gasteiger partial charge is 0.391 e. The summed E-state index contributed by atoms with van der Waals surface area (Å²) in [5.74, 6) is 12.8. The molecule has 0 bridgehead atoms. The molecule has 6 heteroatoms. The van der Waals surface area contributed by atoms with Crippen molar-refractivity contribution in [3.63, 3.8) is 0 Å². The molecule has 0 heterocycles. The van der Waals surface area contributed by atoms with E-state index >= 15 is 0 Å². The van der Waals surface area contributed by atoms with E-state index in [0.29, 0.717) is 13.0 Å². The molecule has 0 saturated heterocycles. The number of carbonyl (C=O) groups excluding carboxylic acids is 1. The van der Waals surface area contributed by atoms with Crippen molar-refractivity contribution in [3.05, 3.63) is 0 Å². The lowest BCUT2D eigenvalue weighted by atomic mass is 9.95. The summed E-state index contributed by atoms with van der Waals surface area (Å²) in [5.41, 5.74) is 0. The van der Waals surface area contributed by atoms with Gasteiger partial charge in [-0.25, -0.2) is 16.5 Å². The van der Waals surface area contributed by atoms with Gasteiger partial charge in [-0.3, -0.25) is 10.0 Å². The fourth-order valence-electron chi connectivity index (χ4n) is 5.53. The van der Waals surface area contributed by atoms with Crippen LogP contribution in [0.1, 0.15) is 181 Å². The summed E-state index contributed by atoms with van der Waals surface area (Å²) in [5, 5.41) is 12.6. The summed E-state index contributed by atoms with van der Waals surface area (Å²) < 4.78 is 0. The SMILES string of the molecule is CCCCCCCCCCCCCCC[C@@H](O)CN(N)C(=O)N(N)CCCCCCCCCCC(CC)CC. The van der Waals surface area contributed by atoms with E-state index in [9.17, 15) is 9.90 Å². The molecule has 0 aromatic carbocycles. The number of carbonyl (C=O) groups is 1. The van der Waals surface area contributed by atoms with Gasteiger partial charge in [0.15, 0.2) is 0 Å². The highest BCUT2D eigenvalue weighted by molar-refractivity contribution is 5.73. The molecule has 0 radical (unpaired) electrons. The predicted octanol–water partition coefficient (Wildman–Crippen LogP) is 9.25. The number of unbranched alkanes of at least 4 members (excludes halogenated alkanes) is 19. The minimum atomic E-state index is -0.588. The molecule has 39 heavy (non-hydrogen) atoms. The molecule has 0 aliphatic heterocycles. The van der Waals surface area contributed by atoms with Crippen molar-refractivity contribution in [2.45, 2.75) is 187 Å². The van der Waals surface area contributed by atoms with Crippen molar-refractivity contribution in [2.75, 3.05) is 13.1 Å². The summed E-state index contributed by atoms with van der Waals surface area (Å²) >= 11 is 0. The van der Waals surface area contributed by atoms with Gasteiger partial charge in [-0.05, 0) is 18.8 Å². The van der Waals surface area contributed by atoms with E-state index < -0.39 is 12.1 Å². The number of nitrogens with two attached hydrogens (primary N) is 2. The van der Waals surface area contributed by atoms with Gasteiger partial charge in [0.2, 0.25) is 0 Å². The normalized spacial score (nSPS) is 12.3. The van der Waals surface area contributed by atoms with E-state index in [2.05, 4.69) is 20.8 Å². The summed E-state index contributed by atoms with van der Waals surface area (Å²) in [7, 11) is 0. The molecule has 0 aromatic rings. The first-order valence-corrected chi connectivity index (χ1v) is 17.2. The molecule has 0 unspecified atom stereocenters. The summed E-state index contributed by atoms with van der Waals surface area (Å²) in [6.45, 7) is 7.53. The smallest absolute Gasteiger partial charge is 0.348 e. The Bertz CT molecular complexity index is 516. The van der Waals surface area contributed by atoms with Crippen LogP contribution in [-0.2, 0) is 0 Å². The molecule has 234 valence electrons. The first-order chi connectivity index (χ1) is 19.0. The zero-order valence-electron chi connectivity index (χ0n) is 26.7. The molecule has 0 aliphatic rings. The highest BCUT2D eigenvalue weighted by atomic mass is 16.3. The number of hydrogen-bond acceptors (Lipinski definition) is 4. The monoisotopic (exact) mass is 555 g/mol. The van der Waals surface area contributed by atoms with Crippen molar-refractivity contribution in [1.82, 2.24) is 10.0 Å². The van der Waals surface area contributed by atoms with Crippen LogP contribution in [-0.4, -0.2) is 40.3 Å². The summed E-state index contributed by atoms with van der Waals surface area (Å²) in [4.78, 5) is 12.4. The van der Waals surface area contributed by atoms with Gasteiger partial charge in [0.1, 0.15) is 0 Å². The van der Waals surface area contributed by atoms with Crippen molar-refractivity contribution in [3.8, 4) is 0 Å². The van der Waals surface area contributed by atoms with Crippen molar-refractivity contribution < 1.29 is 9.90 Å². The van der Waals surface area contributed by atoms with Gasteiger partial charge in [-0.15, -0.1) is 0 Å². The molecule has 6 nitrogen and oxygen atoms in total. The van der Waals surface area contributed by atoms with Gasteiger partial charge >= 0.3 is 6.03 Å². The Morgan fingerprint density at radius 2 is 0.949 bits per heavy atom. The maximum absolute atomic E-state index is 12.4. The fraction of sp³-hybridized carbons (Fsp3) is 0.970. The topological polar surface area (TPSA) is 95.8 Å². The van der Waals surface area contributed by atoms with Crippen LogP contribution in [0, 0.1) is 5.92 Å². The third-order valence-electron chi connectivity index (χ3n) is 8.46. The van der Waals surface area contributed by atoms with Crippen LogP contribution < -0.4 is 11.7 Å². The van der Waals surface area contributed by atoms with E-state index in [1.807, 2.05) is 0 Å². The molecular formula is C33H70N4O2. The number of amides is 2. The van der Waals surface area contributed by atoms with Crippen molar-refractivity contribution >= 4 is 6.03 Å². The molecule has 0 spiro atoms. The Labute approximate surface area is 244 Å². The lowest BCUT2D eigenvalue weighted by Crippen LogP contribution is -2.52. The Hall–Kier alpha value is -0.850. The lowest BCUT2D eigenvalue weighted by Gasteiger charge is -2.25. The van der Waals surface area contributed by atoms with Gasteiger partial charge in [0.25, 0.3) is 0 Å². The third kappa shape index (κ3) is 24.7. The molecule has 0 fully saturated rings. The number of urea groups is 1. The minimum Gasteiger partial charge on any atom is -0.391 e. The minimum absolute atomic E-state index is 0.141.